The summed E-state index contributed by atoms with van der Waals surface area (Å²) < 4.78 is 11.0. The number of hydrogen-bond acceptors (Lipinski definition) is 4. The maximum absolute atomic E-state index is 12.3. The minimum Gasteiger partial charge on any atom is -0.483 e. The summed E-state index contributed by atoms with van der Waals surface area (Å²) in [6.07, 6.45) is -0.569. The Morgan fingerprint density at radius 3 is 2.23 bits per heavy atom. The van der Waals surface area contributed by atoms with Gasteiger partial charge in [-0.3, -0.25) is 10.1 Å². The third-order valence-electron chi connectivity index (χ3n) is 3.69. The van der Waals surface area contributed by atoms with Gasteiger partial charge < -0.3 is 9.47 Å². The van der Waals surface area contributed by atoms with Crippen molar-refractivity contribution in [3.63, 3.8) is 0 Å². The highest BCUT2D eigenvalue weighted by atomic mass is 16.6. The van der Waals surface area contributed by atoms with Crippen LogP contribution < -0.4 is 10.1 Å². The van der Waals surface area contributed by atoms with Crippen molar-refractivity contribution >= 4 is 17.6 Å². The molecule has 2 aromatic carbocycles. The van der Waals surface area contributed by atoms with Crippen LogP contribution in [0.1, 0.15) is 42.3 Å². The molecular weight excluding hydrogens is 330 g/mol. The first kappa shape index (κ1) is 19.5. The average molecular weight is 355 g/mol. The molecule has 5 heteroatoms. The van der Waals surface area contributed by atoms with Gasteiger partial charge in [0.25, 0.3) is 0 Å². The van der Waals surface area contributed by atoms with E-state index in [1.54, 1.807) is 51.1 Å². The lowest BCUT2D eigenvalue weighted by Crippen LogP contribution is -2.27. The van der Waals surface area contributed by atoms with Crippen LogP contribution in [0.15, 0.2) is 42.5 Å². The number of amides is 1. The summed E-state index contributed by atoms with van der Waals surface area (Å²) in [6.45, 7) is 9.15. The second-order valence-electron chi connectivity index (χ2n) is 7.14. The molecule has 0 unspecified atom stereocenters. The zero-order valence-corrected chi connectivity index (χ0v) is 15.9. The Morgan fingerprint density at radius 2 is 1.62 bits per heavy atom. The zero-order valence-electron chi connectivity index (χ0n) is 15.9. The van der Waals surface area contributed by atoms with Gasteiger partial charge in [-0.05, 0) is 57.9 Å². The van der Waals surface area contributed by atoms with Gasteiger partial charge in [-0.1, -0.05) is 30.3 Å². The van der Waals surface area contributed by atoms with Crippen LogP contribution in [0.25, 0.3) is 0 Å². The summed E-state index contributed by atoms with van der Waals surface area (Å²) in [6, 6.07) is 12.6. The highest BCUT2D eigenvalue weighted by molar-refractivity contribution is 5.97. The van der Waals surface area contributed by atoms with Crippen molar-refractivity contribution in [2.24, 2.45) is 0 Å². The molecule has 0 saturated heterocycles. The third kappa shape index (κ3) is 5.62. The topological polar surface area (TPSA) is 64.6 Å². The van der Waals surface area contributed by atoms with Crippen molar-refractivity contribution in [1.29, 1.82) is 0 Å². The number of hydrogen-bond donors (Lipinski definition) is 1. The summed E-state index contributed by atoms with van der Waals surface area (Å²) in [4.78, 5) is 24.3. The van der Waals surface area contributed by atoms with E-state index in [1.807, 2.05) is 26.0 Å². The molecule has 0 bridgehead atoms. The number of ketones is 1. The van der Waals surface area contributed by atoms with Crippen molar-refractivity contribution in [3.05, 3.63) is 59.2 Å². The smallest absolute Gasteiger partial charge is 0.412 e. The van der Waals surface area contributed by atoms with E-state index < -0.39 is 11.7 Å². The molecule has 2 aromatic rings. The third-order valence-corrected chi connectivity index (χ3v) is 3.69. The fraction of sp³-hybridized carbons (Fsp3) is 0.333. The van der Waals surface area contributed by atoms with Crippen LogP contribution in [0, 0.1) is 13.8 Å². The van der Waals surface area contributed by atoms with E-state index in [4.69, 9.17) is 9.47 Å². The predicted octanol–water partition coefficient (Wildman–Crippen LogP) is 4.91. The maximum atomic E-state index is 12.3. The fourth-order valence-corrected chi connectivity index (χ4v) is 2.27. The number of ether oxygens (including phenoxy) is 2. The fourth-order valence-electron chi connectivity index (χ4n) is 2.27. The summed E-state index contributed by atoms with van der Waals surface area (Å²) >= 11 is 0. The highest BCUT2D eigenvalue weighted by Gasteiger charge is 2.18. The number of carbonyl (C=O) groups is 2. The standard InChI is InChI=1S/C21H25NO4/c1-14-11-17(22-20(24)26-21(3,4)5)19(12-15(14)2)25-13-18(23)16-9-7-6-8-10-16/h6-12H,13H2,1-5H3,(H,22,24). The Kier molecular flexibility index (Phi) is 6.03. The first-order valence-electron chi connectivity index (χ1n) is 8.48. The van der Waals surface area contributed by atoms with Crippen LogP contribution in [0.4, 0.5) is 10.5 Å². The minimum atomic E-state index is -0.603. The Labute approximate surface area is 154 Å². The van der Waals surface area contributed by atoms with E-state index >= 15 is 0 Å². The minimum absolute atomic E-state index is 0.116. The van der Waals surface area contributed by atoms with Crippen molar-refractivity contribution in [3.8, 4) is 5.75 Å². The molecule has 5 nitrogen and oxygen atoms in total. The SMILES string of the molecule is Cc1cc(NC(=O)OC(C)(C)C)c(OCC(=O)c2ccccc2)cc1C. The number of anilines is 1. The van der Waals surface area contributed by atoms with Crippen molar-refractivity contribution < 1.29 is 19.1 Å². The number of rotatable bonds is 5. The van der Waals surface area contributed by atoms with Gasteiger partial charge in [-0.15, -0.1) is 0 Å². The van der Waals surface area contributed by atoms with Crippen LogP contribution in [-0.4, -0.2) is 24.1 Å². The molecule has 1 N–H and O–H groups in total. The van der Waals surface area contributed by atoms with E-state index in [9.17, 15) is 9.59 Å². The van der Waals surface area contributed by atoms with Gasteiger partial charge in [-0.2, -0.15) is 0 Å². The average Bonchev–Trinajstić information content (AvgIpc) is 2.55. The molecular formula is C21H25NO4. The molecule has 26 heavy (non-hydrogen) atoms. The van der Waals surface area contributed by atoms with Crippen LogP contribution in [0.2, 0.25) is 0 Å². The summed E-state index contributed by atoms with van der Waals surface area (Å²) in [5.74, 6) is 0.301. The molecule has 0 aromatic heterocycles. The van der Waals surface area contributed by atoms with Gasteiger partial charge >= 0.3 is 6.09 Å². The molecule has 0 fully saturated rings. The van der Waals surface area contributed by atoms with Crippen molar-refractivity contribution in [1.82, 2.24) is 0 Å². The summed E-state index contributed by atoms with van der Waals surface area (Å²) in [5.41, 5.74) is 2.45. The molecule has 0 aliphatic carbocycles. The first-order chi connectivity index (χ1) is 12.2. The Hall–Kier alpha value is -2.82. The van der Waals surface area contributed by atoms with Gasteiger partial charge in [0.2, 0.25) is 0 Å². The van der Waals surface area contributed by atoms with E-state index in [2.05, 4.69) is 5.32 Å². The lowest BCUT2D eigenvalue weighted by molar-refractivity contribution is 0.0635. The van der Waals surface area contributed by atoms with Crippen LogP contribution in [-0.2, 0) is 4.74 Å². The number of carbonyl (C=O) groups excluding carboxylic acids is 2. The Balaban J connectivity index is 2.15. The zero-order chi connectivity index (χ0) is 19.3. The second kappa shape index (κ2) is 8.04. The number of aryl methyl sites for hydroxylation is 2. The van der Waals surface area contributed by atoms with E-state index in [-0.39, 0.29) is 12.4 Å². The summed E-state index contributed by atoms with van der Waals surface area (Å²) in [5, 5.41) is 2.70. The Bertz CT molecular complexity index is 792. The van der Waals surface area contributed by atoms with Crippen LogP contribution in [0.5, 0.6) is 5.75 Å². The second-order valence-corrected chi connectivity index (χ2v) is 7.14. The van der Waals surface area contributed by atoms with Crippen LogP contribution in [0.3, 0.4) is 0 Å². The normalized spacial score (nSPS) is 11.0. The number of Topliss-reactive ketones (excluding diaryl/α,β-unsaturated/α-hetero) is 1. The molecule has 0 heterocycles. The number of nitrogens with one attached hydrogen (secondary N) is 1. The Morgan fingerprint density at radius 1 is 1.00 bits per heavy atom. The molecule has 0 aliphatic rings. The summed E-state index contributed by atoms with van der Waals surface area (Å²) in [7, 11) is 0. The molecule has 0 radical (unpaired) electrons. The molecule has 0 atom stereocenters. The predicted molar refractivity (Wildman–Crippen MR) is 102 cm³/mol. The molecule has 2 rings (SSSR count). The van der Waals surface area contributed by atoms with Gasteiger partial charge in [0.05, 0.1) is 5.69 Å². The van der Waals surface area contributed by atoms with E-state index in [0.29, 0.717) is 17.0 Å². The molecule has 1 amide bonds. The van der Waals surface area contributed by atoms with E-state index in [0.717, 1.165) is 11.1 Å². The van der Waals surface area contributed by atoms with Crippen LogP contribution >= 0.6 is 0 Å². The van der Waals surface area contributed by atoms with Crippen molar-refractivity contribution in [2.75, 3.05) is 11.9 Å². The van der Waals surface area contributed by atoms with Gasteiger partial charge in [0.1, 0.15) is 11.4 Å². The molecule has 0 spiro atoms. The van der Waals surface area contributed by atoms with E-state index in [1.165, 1.54) is 0 Å². The van der Waals surface area contributed by atoms with Gasteiger partial charge in [-0.25, -0.2) is 4.79 Å². The number of benzene rings is 2. The first-order valence-corrected chi connectivity index (χ1v) is 8.48. The molecule has 0 saturated carbocycles. The molecule has 0 aliphatic heterocycles. The largest absolute Gasteiger partial charge is 0.483 e. The van der Waals surface area contributed by atoms with Gasteiger partial charge in [0, 0.05) is 5.56 Å². The molecule has 138 valence electrons. The van der Waals surface area contributed by atoms with Gasteiger partial charge in [0.15, 0.2) is 12.4 Å². The lowest BCUT2D eigenvalue weighted by atomic mass is 10.1. The maximum Gasteiger partial charge on any atom is 0.412 e. The lowest BCUT2D eigenvalue weighted by Gasteiger charge is -2.21. The quantitative estimate of drug-likeness (QED) is 0.774. The monoisotopic (exact) mass is 355 g/mol. The van der Waals surface area contributed by atoms with Crippen molar-refractivity contribution in [2.45, 2.75) is 40.2 Å². The highest BCUT2D eigenvalue weighted by Crippen LogP contribution is 2.29.